The molecule has 1 unspecified atom stereocenters. The number of anilines is 2. The third kappa shape index (κ3) is 3.84. The van der Waals surface area contributed by atoms with Gasteiger partial charge in [-0.05, 0) is 42.8 Å². The maximum atomic E-state index is 12.8. The van der Waals surface area contributed by atoms with Crippen LogP contribution in [-0.2, 0) is 14.8 Å². The number of aryl methyl sites for hydroxylation is 1. The van der Waals surface area contributed by atoms with Gasteiger partial charge < -0.3 is 4.90 Å². The van der Waals surface area contributed by atoms with Crippen molar-refractivity contribution < 1.29 is 13.2 Å². The van der Waals surface area contributed by atoms with E-state index >= 15 is 0 Å². The van der Waals surface area contributed by atoms with Crippen LogP contribution in [0.3, 0.4) is 0 Å². The molecule has 0 saturated heterocycles. The quantitative estimate of drug-likeness (QED) is 0.819. The molecule has 2 aromatic rings. The molecule has 0 aromatic heterocycles. The number of hydrogen-bond donors (Lipinski definition) is 1. The van der Waals surface area contributed by atoms with Crippen molar-refractivity contribution in [3.63, 3.8) is 0 Å². The molecule has 5 nitrogen and oxygen atoms in total. The summed E-state index contributed by atoms with van der Waals surface area (Å²) in [6.07, 6.45) is 0. The third-order valence-electron chi connectivity index (χ3n) is 4.12. The highest BCUT2D eigenvalue weighted by molar-refractivity contribution is 8.00. The molecule has 1 N–H and O–H groups in total. The zero-order chi connectivity index (χ0) is 19.1. The van der Waals surface area contributed by atoms with Gasteiger partial charge in [-0.3, -0.25) is 9.52 Å². The van der Waals surface area contributed by atoms with Gasteiger partial charge in [0, 0.05) is 28.6 Å². The fraction of sp³-hybridized carbons (Fsp3) is 0.278. The first-order valence-electron chi connectivity index (χ1n) is 8.05. The summed E-state index contributed by atoms with van der Waals surface area (Å²) in [6.45, 7) is 5.88. The lowest BCUT2D eigenvalue weighted by Gasteiger charge is -2.32. The molecule has 26 heavy (non-hydrogen) atoms. The van der Waals surface area contributed by atoms with Crippen LogP contribution >= 0.6 is 23.4 Å². The zero-order valence-corrected chi connectivity index (χ0v) is 17.0. The molecule has 1 heterocycles. The first-order chi connectivity index (χ1) is 12.2. The average Bonchev–Trinajstić information content (AvgIpc) is 2.56. The van der Waals surface area contributed by atoms with E-state index in [0.717, 1.165) is 10.5 Å². The molecule has 0 saturated carbocycles. The van der Waals surface area contributed by atoms with Crippen LogP contribution in [0.1, 0.15) is 19.4 Å². The summed E-state index contributed by atoms with van der Waals surface area (Å²) in [5.41, 5.74) is 1.83. The fourth-order valence-corrected chi connectivity index (χ4v) is 5.20. The lowest BCUT2D eigenvalue weighted by molar-refractivity contribution is -0.116. The zero-order valence-electron chi connectivity index (χ0n) is 14.6. The number of hydrogen-bond acceptors (Lipinski definition) is 4. The van der Waals surface area contributed by atoms with E-state index in [1.807, 2.05) is 6.92 Å². The number of thioether (sulfide) groups is 1. The molecule has 0 spiro atoms. The second kappa shape index (κ2) is 7.13. The highest BCUT2D eigenvalue weighted by atomic mass is 35.5. The van der Waals surface area contributed by atoms with Gasteiger partial charge >= 0.3 is 0 Å². The Morgan fingerprint density at radius 1 is 1.27 bits per heavy atom. The van der Waals surface area contributed by atoms with Crippen molar-refractivity contribution in [1.29, 1.82) is 0 Å². The first kappa shape index (κ1) is 19.1. The van der Waals surface area contributed by atoms with Gasteiger partial charge in [-0.25, -0.2) is 8.42 Å². The van der Waals surface area contributed by atoms with Gasteiger partial charge in [0.05, 0.1) is 16.3 Å². The minimum atomic E-state index is -3.80. The van der Waals surface area contributed by atoms with E-state index in [4.69, 9.17) is 11.6 Å². The molecule has 0 fully saturated rings. The van der Waals surface area contributed by atoms with Crippen molar-refractivity contribution in [3.05, 3.63) is 47.0 Å². The highest BCUT2D eigenvalue weighted by Gasteiger charge is 2.27. The van der Waals surface area contributed by atoms with Crippen LogP contribution in [0.2, 0.25) is 5.02 Å². The maximum absolute atomic E-state index is 12.8. The monoisotopic (exact) mass is 410 g/mol. The lowest BCUT2D eigenvalue weighted by Crippen LogP contribution is -2.37. The number of sulfonamides is 1. The van der Waals surface area contributed by atoms with E-state index in [0.29, 0.717) is 22.9 Å². The van der Waals surface area contributed by atoms with Crippen LogP contribution in [0.4, 0.5) is 11.4 Å². The summed E-state index contributed by atoms with van der Waals surface area (Å²) in [5, 5.41) is 0.702. The van der Waals surface area contributed by atoms with Crippen LogP contribution in [0.15, 0.2) is 46.2 Å². The Morgan fingerprint density at radius 2 is 2.00 bits per heavy atom. The smallest absolute Gasteiger partial charge is 0.261 e. The van der Waals surface area contributed by atoms with Crippen molar-refractivity contribution in [3.8, 4) is 0 Å². The third-order valence-corrected chi connectivity index (χ3v) is 6.87. The van der Waals surface area contributed by atoms with E-state index in [1.165, 1.54) is 6.92 Å². The fourth-order valence-electron chi connectivity index (χ4n) is 2.79. The van der Waals surface area contributed by atoms with Crippen LogP contribution in [0, 0.1) is 6.92 Å². The van der Waals surface area contributed by atoms with Crippen LogP contribution in [-0.4, -0.2) is 26.1 Å². The van der Waals surface area contributed by atoms with E-state index in [9.17, 15) is 13.2 Å². The van der Waals surface area contributed by atoms with E-state index in [2.05, 4.69) is 4.72 Å². The second-order valence-corrected chi connectivity index (χ2v) is 9.85. The lowest BCUT2D eigenvalue weighted by atomic mass is 10.2. The summed E-state index contributed by atoms with van der Waals surface area (Å²) in [7, 11) is -3.80. The van der Waals surface area contributed by atoms with Crippen LogP contribution in [0.25, 0.3) is 0 Å². The summed E-state index contributed by atoms with van der Waals surface area (Å²) in [4.78, 5) is 14.6. The first-order valence-corrected chi connectivity index (χ1v) is 10.8. The number of amides is 1. The minimum Gasteiger partial charge on any atom is -0.310 e. The molecule has 0 radical (unpaired) electrons. The van der Waals surface area contributed by atoms with Gasteiger partial charge in [-0.15, -0.1) is 11.8 Å². The summed E-state index contributed by atoms with van der Waals surface area (Å²) in [5.74, 6) is -0.105. The summed E-state index contributed by atoms with van der Waals surface area (Å²) in [6, 6.07) is 9.90. The van der Waals surface area contributed by atoms with Gasteiger partial charge in [0.1, 0.15) is 0 Å². The number of nitrogens with one attached hydrogen (secondary N) is 1. The van der Waals surface area contributed by atoms with Crippen molar-refractivity contribution >= 4 is 50.7 Å². The highest BCUT2D eigenvalue weighted by Crippen LogP contribution is 2.40. The van der Waals surface area contributed by atoms with Crippen molar-refractivity contribution in [2.75, 3.05) is 16.2 Å². The number of carbonyl (C=O) groups is 1. The van der Waals surface area contributed by atoms with E-state index < -0.39 is 10.0 Å². The Morgan fingerprint density at radius 3 is 2.69 bits per heavy atom. The molecular formula is C18H19ClN2O3S2. The molecule has 8 heteroatoms. The van der Waals surface area contributed by atoms with E-state index in [1.54, 1.807) is 60.0 Å². The minimum absolute atomic E-state index is 0.105. The average molecular weight is 411 g/mol. The molecule has 3 rings (SSSR count). The normalized spacial score (nSPS) is 16.9. The Balaban J connectivity index is 2.00. The van der Waals surface area contributed by atoms with Gasteiger partial charge in [-0.1, -0.05) is 24.6 Å². The molecular weight excluding hydrogens is 392 g/mol. The van der Waals surface area contributed by atoms with Gasteiger partial charge in [0.25, 0.3) is 10.0 Å². The van der Waals surface area contributed by atoms with Crippen molar-refractivity contribution in [2.24, 2.45) is 0 Å². The molecule has 0 bridgehead atoms. The van der Waals surface area contributed by atoms with Crippen molar-refractivity contribution in [2.45, 2.75) is 35.8 Å². The van der Waals surface area contributed by atoms with Crippen LogP contribution < -0.4 is 9.62 Å². The SMILES string of the molecule is CC(=O)N1CC(C)Sc2ccc(S(=O)(=O)Nc3cc(Cl)ccc3C)cc21. The molecule has 138 valence electrons. The Hall–Kier alpha value is -1.70. The number of fused-ring (bicyclic) bond motifs is 1. The molecule has 1 atom stereocenters. The predicted octanol–water partition coefficient (Wildman–Crippen LogP) is 4.30. The predicted molar refractivity (Wildman–Crippen MR) is 107 cm³/mol. The van der Waals surface area contributed by atoms with Gasteiger partial charge in [0.15, 0.2) is 0 Å². The standard InChI is InChI=1S/C18H19ClN2O3S2/c1-11-4-5-14(19)8-16(11)20-26(23,24)15-6-7-18-17(9-15)21(13(3)22)10-12(2)25-18/h4-9,12,20H,10H2,1-3H3. The maximum Gasteiger partial charge on any atom is 0.261 e. The number of rotatable bonds is 3. The number of benzene rings is 2. The van der Waals surface area contributed by atoms with Gasteiger partial charge in [-0.2, -0.15) is 0 Å². The van der Waals surface area contributed by atoms with Crippen molar-refractivity contribution in [1.82, 2.24) is 0 Å². The van der Waals surface area contributed by atoms with Gasteiger partial charge in [0.2, 0.25) is 5.91 Å². The Kier molecular flexibility index (Phi) is 5.23. The van der Waals surface area contributed by atoms with E-state index in [-0.39, 0.29) is 16.1 Å². The molecule has 2 aromatic carbocycles. The number of carbonyl (C=O) groups excluding carboxylic acids is 1. The molecule has 1 aliphatic rings. The molecule has 0 aliphatic carbocycles. The number of halogens is 1. The molecule has 1 amide bonds. The summed E-state index contributed by atoms with van der Waals surface area (Å²) >= 11 is 7.61. The van der Waals surface area contributed by atoms with Crippen LogP contribution in [0.5, 0.6) is 0 Å². The Bertz CT molecular complexity index is 976. The topological polar surface area (TPSA) is 66.5 Å². The molecule has 1 aliphatic heterocycles. The Labute approximate surface area is 162 Å². The second-order valence-electron chi connectivity index (χ2n) is 6.25. The summed E-state index contributed by atoms with van der Waals surface area (Å²) < 4.78 is 28.2. The number of nitrogens with zero attached hydrogens (tertiary/aromatic N) is 1. The largest absolute Gasteiger partial charge is 0.310 e.